The van der Waals surface area contributed by atoms with Crippen molar-refractivity contribution in [2.75, 3.05) is 18.5 Å². The number of aromatic nitrogens is 2. The van der Waals surface area contributed by atoms with Crippen LogP contribution in [0, 0.1) is 0 Å². The summed E-state index contributed by atoms with van der Waals surface area (Å²) in [7, 11) is 2.02. The van der Waals surface area contributed by atoms with Gasteiger partial charge in [-0.1, -0.05) is 39.4 Å². The summed E-state index contributed by atoms with van der Waals surface area (Å²) >= 11 is 5.23. The lowest BCUT2D eigenvalue weighted by atomic mass is 10.0. The summed E-state index contributed by atoms with van der Waals surface area (Å²) in [5.74, 6) is 0.815. The van der Waals surface area contributed by atoms with Crippen LogP contribution in [0.3, 0.4) is 0 Å². The van der Waals surface area contributed by atoms with Crippen molar-refractivity contribution in [3.8, 4) is 0 Å². The fourth-order valence-corrected chi connectivity index (χ4v) is 2.40. The Labute approximate surface area is 121 Å². The van der Waals surface area contributed by atoms with E-state index in [4.69, 9.17) is 18.0 Å². The quantitative estimate of drug-likeness (QED) is 0.778. The Balaban J connectivity index is 3.27. The molecule has 0 atom stereocenters. The maximum atomic E-state index is 5.92. The molecule has 0 saturated carbocycles. The van der Waals surface area contributed by atoms with Gasteiger partial charge in [-0.25, -0.2) is 0 Å². The zero-order valence-corrected chi connectivity index (χ0v) is 13.2. The smallest absolute Gasteiger partial charge is 0.161 e. The molecule has 0 aliphatic carbocycles. The van der Waals surface area contributed by atoms with Gasteiger partial charge in [0.15, 0.2) is 5.82 Å². The van der Waals surface area contributed by atoms with Crippen LogP contribution in [0.4, 0.5) is 5.82 Å². The summed E-state index contributed by atoms with van der Waals surface area (Å²) in [6, 6.07) is 0. The molecule has 0 aromatic carbocycles. The molecule has 0 aliphatic heterocycles. The van der Waals surface area contributed by atoms with Crippen molar-refractivity contribution >= 4 is 23.0 Å². The molecule has 1 aromatic rings. The van der Waals surface area contributed by atoms with Gasteiger partial charge >= 0.3 is 0 Å². The van der Waals surface area contributed by atoms with Gasteiger partial charge in [0.25, 0.3) is 0 Å². The average molecular weight is 280 g/mol. The Hall–Kier alpha value is -1.23. The molecule has 0 fully saturated rings. The molecule has 0 bridgehead atoms. The molecule has 1 heterocycles. The summed E-state index contributed by atoms with van der Waals surface area (Å²) in [6.45, 7) is 7.29. The van der Waals surface area contributed by atoms with Crippen LogP contribution < -0.4 is 10.6 Å². The number of thiocarbonyl (C=S) groups is 1. The number of unbranched alkanes of at least 4 members (excludes halogenated alkanes) is 1. The first-order valence-corrected chi connectivity index (χ1v) is 7.36. The Bertz CT molecular complexity index is 445. The van der Waals surface area contributed by atoms with Gasteiger partial charge in [0.2, 0.25) is 0 Å². The van der Waals surface area contributed by atoms with E-state index in [9.17, 15) is 0 Å². The molecular weight excluding hydrogens is 256 g/mol. The normalized spacial score (nSPS) is 10.5. The van der Waals surface area contributed by atoms with E-state index in [0.29, 0.717) is 4.99 Å². The summed E-state index contributed by atoms with van der Waals surface area (Å²) in [5.41, 5.74) is 8.96. The van der Waals surface area contributed by atoms with Crippen LogP contribution in [0.25, 0.3) is 0 Å². The van der Waals surface area contributed by atoms with Gasteiger partial charge in [-0.15, -0.1) is 5.10 Å². The third-order valence-electron chi connectivity index (χ3n) is 3.28. The lowest BCUT2D eigenvalue weighted by Crippen LogP contribution is -2.26. The van der Waals surface area contributed by atoms with Crippen molar-refractivity contribution in [1.82, 2.24) is 10.2 Å². The average Bonchev–Trinajstić information content (AvgIpc) is 2.42. The second-order valence-electron chi connectivity index (χ2n) is 4.67. The highest BCUT2D eigenvalue weighted by atomic mass is 32.1. The molecule has 0 radical (unpaired) electrons. The van der Waals surface area contributed by atoms with E-state index in [-0.39, 0.29) is 0 Å². The van der Waals surface area contributed by atoms with Crippen LogP contribution in [0.2, 0.25) is 0 Å². The number of anilines is 1. The fourth-order valence-electron chi connectivity index (χ4n) is 2.19. The molecule has 0 spiro atoms. The summed E-state index contributed by atoms with van der Waals surface area (Å²) in [6.07, 6.45) is 3.99. The second-order valence-corrected chi connectivity index (χ2v) is 5.11. The van der Waals surface area contributed by atoms with Gasteiger partial charge < -0.3 is 10.6 Å². The van der Waals surface area contributed by atoms with Crippen LogP contribution in [0.1, 0.15) is 50.4 Å². The molecule has 0 aliphatic rings. The van der Waals surface area contributed by atoms with E-state index in [0.717, 1.165) is 54.9 Å². The van der Waals surface area contributed by atoms with Crippen LogP contribution in [-0.4, -0.2) is 28.8 Å². The van der Waals surface area contributed by atoms with Gasteiger partial charge in [-0.3, -0.25) is 0 Å². The third kappa shape index (κ3) is 3.62. The topological polar surface area (TPSA) is 55.0 Å². The largest absolute Gasteiger partial charge is 0.389 e. The zero-order chi connectivity index (χ0) is 14.4. The highest BCUT2D eigenvalue weighted by Crippen LogP contribution is 2.23. The van der Waals surface area contributed by atoms with Crippen molar-refractivity contribution in [1.29, 1.82) is 0 Å². The van der Waals surface area contributed by atoms with Crippen LogP contribution in [0.15, 0.2) is 0 Å². The molecule has 0 saturated heterocycles. The predicted molar refractivity (Wildman–Crippen MR) is 84.9 cm³/mol. The van der Waals surface area contributed by atoms with Crippen molar-refractivity contribution in [3.05, 3.63) is 16.8 Å². The molecule has 5 heteroatoms. The Morgan fingerprint density at radius 1 is 1.21 bits per heavy atom. The van der Waals surface area contributed by atoms with E-state index in [2.05, 4.69) is 35.9 Å². The molecule has 0 unspecified atom stereocenters. The van der Waals surface area contributed by atoms with Crippen LogP contribution in [-0.2, 0) is 12.8 Å². The maximum Gasteiger partial charge on any atom is 0.161 e. The Morgan fingerprint density at radius 3 is 2.37 bits per heavy atom. The fraction of sp³-hybridized carbons (Fsp3) is 0.643. The van der Waals surface area contributed by atoms with E-state index >= 15 is 0 Å². The van der Waals surface area contributed by atoms with Crippen molar-refractivity contribution in [3.63, 3.8) is 0 Å². The van der Waals surface area contributed by atoms with E-state index in [1.807, 2.05) is 7.05 Å². The molecule has 1 aromatic heterocycles. The molecule has 2 N–H and O–H groups in total. The van der Waals surface area contributed by atoms with Crippen molar-refractivity contribution in [2.45, 2.75) is 46.5 Å². The van der Waals surface area contributed by atoms with Gasteiger partial charge in [0.1, 0.15) is 4.99 Å². The third-order valence-corrected chi connectivity index (χ3v) is 3.49. The minimum Gasteiger partial charge on any atom is -0.389 e. The predicted octanol–water partition coefficient (Wildman–Crippen LogP) is 2.47. The lowest BCUT2D eigenvalue weighted by molar-refractivity contribution is 0.745. The number of hydrogen-bond donors (Lipinski definition) is 1. The zero-order valence-electron chi connectivity index (χ0n) is 12.4. The highest BCUT2D eigenvalue weighted by Gasteiger charge is 2.18. The summed E-state index contributed by atoms with van der Waals surface area (Å²) in [4.78, 5) is 2.52. The molecule has 0 amide bonds. The monoisotopic (exact) mass is 280 g/mol. The van der Waals surface area contributed by atoms with Gasteiger partial charge in [0, 0.05) is 13.6 Å². The lowest BCUT2D eigenvalue weighted by Gasteiger charge is -2.22. The number of aryl methyl sites for hydroxylation is 1. The summed E-state index contributed by atoms with van der Waals surface area (Å²) in [5, 5.41) is 8.67. The standard InChI is InChI=1S/C14H24N4S/c1-5-8-9-18(4)14-12(13(15)19)10(6-2)11(7-3)16-17-14/h5-9H2,1-4H3,(H2,15,19). The number of hydrogen-bond acceptors (Lipinski definition) is 4. The number of nitrogens with zero attached hydrogens (tertiary/aromatic N) is 3. The molecule has 106 valence electrons. The van der Waals surface area contributed by atoms with E-state index in [1.165, 1.54) is 0 Å². The van der Waals surface area contributed by atoms with Gasteiger partial charge in [-0.2, -0.15) is 5.10 Å². The first-order chi connectivity index (χ1) is 9.06. The van der Waals surface area contributed by atoms with Gasteiger partial charge in [-0.05, 0) is 24.8 Å². The Morgan fingerprint density at radius 2 is 1.89 bits per heavy atom. The van der Waals surface area contributed by atoms with E-state index < -0.39 is 0 Å². The first-order valence-electron chi connectivity index (χ1n) is 6.96. The number of rotatable bonds is 7. The van der Waals surface area contributed by atoms with Crippen molar-refractivity contribution in [2.24, 2.45) is 5.73 Å². The molecule has 1 rings (SSSR count). The highest BCUT2D eigenvalue weighted by molar-refractivity contribution is 7.80. The van der Waals surface area contributed by atoms with Gasteiger partial charge in [0.05, 0.1) is 11.3 Å². The minimum atomic E-state index is 0.416. The maximum absolute atomic E-state index is 5.92. The van der Waals surface area contributed by atoms with E-state index in [1.54, 1.807) is 0 Å². The Kier molecular flexibility index (Phi) is 6.15. The molecule has 19 heavy (non-hydrogen) atoms. The van der Waals surface area contributed by atoms with Crippen molar-refractivity contribution < 1.29 is 0 Å². The minimum absolute atomic E-state index is 0.416. The molecular formula is C14H24N4S. The van der Waals surface area contributed by atoms with Crippen LogP contribution >= 0.6 is 12.2 Å². The first kappa shape index (κ1) is 15.8. The molecule has 4 nitrogen and oxygen atoms in total. The number of nitrogens with two attached hydrogens (primary N) is 1. The summed E-state index contributed by atoms with van der Waals surface area (Å²) < 4.78 is 0. The SMILES string of the molecule is CCCCN(C)c1nnc(CC)c(CC)c1C(N)=S. The second kappa shape index (κ2) is 7.38. The van der Waals surface area contributed by atoms with Crippen LogP contribution in [0.5, 0.6) is 0 Å².